The summed E-state index contributed by atoms with van der Waals surface area (Å²) in [7, 11) is 0. The number of ether oxygens (including phenoxy) is 4. The Morgan fingerprint density at radius 2 is 1.02 bits per heavy atom. The lowest BCUT2D eigenvalue weighted by molar-refractivity contribution is -0.148. The van der Waals surface area contributed by atoms with E-state index in [1.807, 2.05) is 73.7 Å². The minimum absolute atomic E-state index is 0. The fourth-order valence-corrected chi connectivity index (χ4v) is 8.64. The van der Waals surface area contributed by atoms with Crippen LogP contribution in [0.1, 0.15) is 97.2 Å². The van der Waals surface area contributed by atoms with E-state index in [1.54, 1.807) is 48.8 Å². The third-order valence-electron chi connectivity index (χ3n) is 10.1. The largest absolute Gasteiger partial charge is 0.489 e. The predicted molar refractivity (Wildman–Crippen MR) is 246 cm³/mol. The molecule has 2 fully saturated rings. The van der Waals surface area contributed by atoms with Gasteiger partial charge in [-0.25, -0.2) is 4.79 Å². The van der Waals surface area contributed by atoms with Crippen LogP contribution in [-0.2, 0) is 59.1 Å². The second kappa shape index (κ2) is 24.1. The van der Waals surface area contributed by atoms with Crippen LogP contribution in [-0.4, -0.2) is 67.4 Å². The number of esters is 2. The van der Waals surface area contributed by atoms with E-state index in [2.05, 4.69) is 16.9 Å². The van der Waals surface area contributed by atoms with Gasteiger partial charge in [-0.05, 0) is 96.5 Å². The van der Waals surface area contributed by atoms with E-state index in [9.17, 15) is 28.8 Å². The summed E-state index contributed by atoms with van der Waals surface area (Å²) in [5.74, 6) is 0.364. The van der Waals surface area contributed by atoms with E-state index in [1.165, 1.54) is 6.92 Å². The standard InChI is InChI=1S/C27H25NO5S.C22H23NO5S.CH4/c1-2-18-10-13-22(28-16-18)24(33-27(31)20-6-4-3-5-7-20)17-32-21-11-8-19(9-12-21)14-25-23(29)15-26(30)34-25;1-3-15-6-9-18(23-12-15)20(28-14(2)24)13-27-17-7-4-16(5-8-17)10-21-19(25)11-22(26)29-21;/h3-13,16,24-25H,2,14-15,17H2,1H3;4-9,12,20-21H,3,10-11,13H2,1-2H3;1H4/t;20-,21?;/m.1./s1. The zero-order valence-electron chi connectivity index (χ0n) is 35.2. The first-order valence-electron chi connectivity index (χ1n) is 20.7. The van der Waals surface area contributed by atoms with Gasteiger partial charge in [0.25, 0.3) is 0 Å². The van der Waals surface area contributed by atoms with Crippen LogP contribution in [0.3, 0.4) is 0 Å². The van der Waals surface area contributed by atoms with Crippen molar-refractivity contribution < 1.29 is 47.7 Å². The highest BCUT2D eigenvalue weighted by atomic mass is 32.2. The van der Waals surface area contributed by atoms with Crippen molar-refractivity contribution in [3.05, 3.63) is 155 Å². The predicted octanol–water partition coefficient (Wildman–Crippen LogP) is 8.87. The zero-order valence-corrected chi connectivity index (χ0v) is 36.9. The number of benzene rings is 3. The summed E-state index contributed by atoms with van der Waals surface area (Å²) in [4.78, 5) is 79.5. The fourth-order valence-electron chi connectivity index (χ4n) is 6.57. The Morgan fingerprint density at radius 1 is 0.594 bits per heavy atom. The van der Waals surface area contributed by atoms with Crippen LogP contribution in [0.2, 0.25) is 0 Å². The minimum Gasteiger partial charge on any atom is -0.489 e. The molecular weight excluding hydrogens is 853 g/mol. The first-order chi connectivity index (χ1) is 30.5. The number of ketones is 2. The summed E-state index contributed by atoms with van der Waals surface area (Å²) in [6.07, 6.45) is 5.10. The summed E-state index contributed by atoms with van der Waals surface area (Å²) in [6.45, 7) is 5.70. The molecule has 0 aliphatic carbocycles. The molecule has 0 N–H and O–H groups in total. The van der Waals surface area contributed by atoms with Crippen LogP contribution in [0.15, 0.2) is 116 Å². The molecule has 334 valence electrons. The Bertz CT molecular complexity index is 2360. The van der Waals surface area contributed by atoms with Crippen molar-refractivity contribution >= 4 is 57.3 Å². The fraction of sp³-hybridized carbons (Fsp3) is 0.320. The van der Waals surface area contributed by atoms with Gasteiger partial charge in [-0.1, -0.05) is 99.4 Å². The number of carbonyl (C=O) groups excluding carboxylic acids is 6. The van der Waals surface area contributed by atoms with Crippen LogP contribution in [0, 0.1) is 0 Å². The van der Waals surface area contributed by atoms with Crippen LogP contribution >= 0.6 is 23.5 Å². The van der Waals surface area contributed by atoms with Gasteiger partial charge in [0, 0.05) is 19.3 Å². The highest BCUT2D eigenvalue weighted by molar-refractivity contribution is 8.15. The molecule has 2 aliphatic rings. The number of aromatic nitrogens is 2. The summed E-state index contributed by atoms with van der Waals surface area (Å²) in [5, 5.41) is -0.721. The number of rotatable bonds is 17. The highest BCUT2D eigenvalue weighted by Crippen LogP contribution is 2.30. The number of carbonyl (C=O) groups is 6. The number of hydrogen-bond donors (Lipinski definition) is 0. The van der Waals surface area contributed by atoms with Gasteiger partial charge in [0.1, 0.15) is 24.7 Å². The number of nitrogens with zero attached hydrogens (tertiary/aromatic N) is 2. The number of hydrogen-bond acceptors (Lipinski definition) is 14. The normalized spacial score (nSPS) is 16.5. The lowest BCUT2D eigenvalue weighted by Crippen LogP contribution is -2.19. The second-order valence-electron chi connectivity index (χ2n) is 14.8. The van der Waals surface area contributed by atoms with Gasteiger partial charge in [0.2, 0.25) is 0 Å². The minimum atomic E-state index is -0.684. The molecule has 0 radical (unpaired) electrons. The average molecular weight is 905 g/mol. The van der Waals surface area contributed by atoms with Gasteiger partial charge in [0.05, 0.1) is 40.3 Å². The monoisotopic (exact) mass is 904 g/mol. The molecule has 5 aromatic rings. The molecule has 3 unspecified atom stereocenters. The van der Waals surface area contributed by atoms with Crippen LogP contribution in [0.5, 0.6) is 11.5 Å². The molecule has 0 spiro atoms. The summed E-state index contributed by atoms with van der Waals surface area (Å²) in [5.41, 5.74) is 5.82. The molecule has 14 heteroatoms. The maximum Gasteiger partial charge on any atom is 0.338 e. The molecular formula is C50H52N2O10S2. The lowest BCUT2D eigenvalue weighted by atomic mass is 10.1. The number of thioether (sulfide) groups is 2. The van der Waals surface area contributed by atoms with Gasteiger partial charge in [-0.2, -0.15) is 0 Å². The van der Waals surface area contributed by atoms with Crippen LogP contribution in [0.25, 0.3) is 0 Å². The molecule has 2 aromatic heterocycles. The van der Waals surface area contributed by atoms with Gasteiger partial charge < -0.3 is 18.9 Å². The highest BCUT2D eigenvalue weighted by Gasteiger charge is 2.33. The van der Waals surface area contributed by atoms with Crippen molar-refractivity contribution in [1.82, 2.24) is 9.97 Å². The van der Waals surface area contributed by atoms with Crippen molar-refractivity contribution in [2.75, 3.05) is 13.2 Å². The Morgan fingerprint density at radius 3 is 1.38 bits per heavy atom. The molecule has 12 nitrogen and oxygen atoms in total. The van der Waals surface area contributed by atoms with Crippen molar-refractivity contribution in [1.29, 1.82) is 0 Å². The number of pyridine rings is 2. The van der Waals surface area contributed by atoms with Crippen molar-refractivity contribution in [2.24, 2.45) is 0 Å². The third kappa shape index (κ3) is 14.5. The van der Waals surface area contributed by atoms with Crippen molar-refractivity contribution in [3.8, 4) is 11.5 Å². The molecule has 7 rings (SSSR count). The van der Waals surface area contributed by atoms with E-state index >= 15 is 0 Å². The van der Waals surface area contributed by atoms with Gasteiger partial charge in [-0.3, -0.25) is 33.9 Å². The van der Waals surface area contributed by atoms with Crippen molar-refractivity contribution in [2.45, 2.75) is 89.4 Å². The summed E-state index contributed by atoms with van der Waals surface area (Å²) < 4.78 is 22.9. The molecule has 2 saturated heterocycles. The molecule has 0 amide bonds. The first kappa shape index (κ1) is 48.9. The Balaban J connectivity index is 0.000000240. The summed E-state index contributed by atoms with van der Waals surface area (Å²) in [6, 6.07) is 31.2. The molecule has 3 aromatic carbocycles. The number of Topliss-reactive ketones (excluding diaryl/α,β-unsaturated/α-hetero) is 2. The second-order valence-corrected chi connectivity index (χ2v) is 17.3. The van der Waals surface area contributed by atoms with Gasteiger partial charge >= 0.3 is 11.9 Å². The number of aryl methyl sites for hydroxylation is 2. The van der Waals surface area contributed by atoms with Crippen LogP contribution in [0.4, 0.5) is 0 Å². The van der Waals surface area contributed by atoms with E-state index < -0.39 is 24.1 Å². The lowest BCUT2D eigenvalue weighted by Gasteiger charge is -2.19. The van der Waals surface area contributed by atoms with E-state index in [0.717, 1.165) is 58.6 Å². The Labute approximate surface area is 382 Å². The van der Waals surface area contributed by atoms with E-state index in [4.69, 9.17) is 18.9 Å². The molecule has 64 heavy (non-hydrogen) atoms. The molecule has 4 atom stereocenters. The maximum absolute atomic E-state index is 12.7. The average Bonchev–Trinajstić information content (AvgIpc) is 3.80. The quantitative estimate of drug-likeness (QED) is 0.0642. The van der Waals surface area contributed by atoms with Gasteiger partial charge in [0.15, 0.2) is 34.0 Å². The molecule has 2 aliphatic heterocycles. The first-order valence-corrected chi connectivity index (χ1v) is 22.4. The van der Waals surface area contributed by atoms with Crippen LogP contribution < -0.4 is 9.47 Å². The molecule has 0 bridgehead atoms. The smallest absolute Gasteiger partial charge is 0.338 e. The van der Waals surface area contributed by atoms with Crippen molar-refractivity contribution in [3.63, 3.8) is 0 Å². The Kier molecular flexibility index (Phi) is 18.4. The topological polar surface area (TPSA) is 165 Å². The van der Waals surface area contributed by atoms with E-state index in [-0.39, 0.29) is 65.8 Å². The Hall–Kier alpha value is -6.12. The third-order valence-corrected chi connectivity index (χ3v) is 12.4. The molecule has 0 saturated carbocycles. The van der Waals surface area contributed by atoms with Gasteiger partial charge in [-0.15, -0.1) is 0 Å². The maximum atomic E-state index is 12.7. The SMILES string of the molecule is C.CCc1ccc(C(COc2ccc(CC3SC(=O)CC3=O)cc2)OC(=O)c2ccccc2)nc1.CCc1ccc([C@@H](COc2ccc(CC3SC(=O)CC3=O)cc2)OC(C)=O)nc1. The van der Waals surface area contributed by atoms with E-state index in [0.29, 0.717) is 41.3 Å². The summed E-state index contributed by atoms with van der Waals surface area (Å²) >= 11 is 2.23. The molecule has 4 heterocycles. The zero-order chi connectivity index (χ0) is 44.7.